The van der Waals surface area contributed by atoms with Crippen LogP contribution >= 0.6 is 0 Å². The third-order valence-electron chi connectivity index (χ3n) is 2.36. The molecule has 0 radical (unpaired) electrons. The maximum absolute atomic E-state index is 11.9. The smallest absolute Gasteiger partial charge is 0.257 e. The number of carbonyl (C=O) groups excluding carboxylic acids is 1. The summed E-state index contributed by atoms with van der Waals surface area (Å²) in [5.41, 5.74) is 6.84. The molecule has 2 aromatic rings. The van der Waals surface area contributed by atoms with Crippen molar-refractivity contribution >= 4 is 17.3 Å². The van der Waals surface area contributed by atoms with E-state index in [1.807, 2.05) is 0 Å². The molecule has 0 aliphatic heterocycles. The van der Waals surface area contributed by atoms with E-state index in [9.17, 15) is 9.90 Å². The van der Waals surface area contributed by atoms with Crippen LogP contribution in [-0.4, -0.2) is 11.0 Å². The molecule has 17 heavy (non-hydrogen) atoms. The molecule has 1 amide bonds. The Morgan fingerprint density at radius 2 is 1.71 bits per heavy atom. The number of rotatable bonds is 2. The van der Waals surface area contributed by atoms with Crippen LogP contribution < -0.4 is 11.1 Å². The molecule has 86 valence electrons. The van der Waals surface area contributed by atoms with E-state index >= 15 is 0 Å². The van der Waals surface area contributed by atoms with E-state index in [2.05, 4.69) is 5.32 Å². The number of nitrogens with one attached hydrogen (secondary N) is 1. The minimum absolute atomic E-state index is 0.0235. The van der Waals surface area contributed by atoms with Gasteiger partial charge in [-0.3, -0.25) is 4.79 Å². The van der Waals surface area contributed by atoms with Gasteiger partial charge in [0.15, 0.2) is 0 Å². The molecule has 0 fully saturated rings. The second-order valence-corrected chi connectivity index (χ2v) is 3.56. The van der Waals surface area contributed by atoms with Gasteiger partial charge in [-0.2, -0.15) is 0 Å². The fourth-order valence-corrected chi connectivity index (χ4v) is 1.47. The van der Waals surface area contributed by atoms with E-state index in [4.69, 9.17) is 5.73 Å². The van der Waals surface area contributed by atoms with E-state index in [1.54, 1.807) is 42.5 Å². The zero-order valence-corrected chi connectivity index (χ0v) is 9.05. The molecule has 0 heterocycles. The Labute approximate surface area is 98.7 Å². The Hall–Kier alpha value is -2.49. The first-order chi connectivity index (χ1) is 8.18. The number of hydrogen-bond donors (Lipinski definition) is 3. The van der Waals surface area contributed by atoms with E-state index < -0.39 is 0 Å². The minimum atomic E-state index is -0.343. The van der Waals surface area contributed by atoms with Crippen molar-refractivity contribution in [2.45, 2.75) is 0 Å². The lowest BCUT2D eigenvalue weighted by atomic mass is 10.1. The Balaban J connectivity index is 2.24. The molecule has 0 spiro atoms. The van der Waals surface area contributed by atoms with Crippen LogP contribution in [0.25, 0.3) is 0 Å². The number of phenols is 1. The molecule has 2 aromatic carbocycles. The minimum Gasteiger partial charge on any atom is -0.506 e. The number of aromatic hydroxyl groups is 1. The molecule has 0 atom stereocenters. The molecule has 0 saturated heterocycles. The number of carbonyl (C=O) groups is 1. The Morgan fingerprint density at radius 3 is 2.41 bits per heavy atom. The Morgan fingerprint density at radius 1 is 1.06 bits per heavy atom. The summed E-state index contributed by atoms with van der Waals surface area (Å²) in [4.78, 5) is 11.9. The molecule has 0 aliphatic rings. The van der Waals surface area contributed by atoms with Crippen LogP contribution in [0.3, 0.4) is 0 Å². The summed E-state index contributed by atoms with van der Waals surface area (Å²) >= 11 is 0. The van der Waals surface area contributed by atoms with E-state index in [0.717, 1.165) is 0 Å². The van der Waals surface area contributed by atoms with E-state index in [0.29, 0.717) is 16.9 Å². The molecule has 4 nitrogen and oxygen atoms in total. The monoisotopic (exact) mass is 228 g/mol. The number of hydrogen-bond acceptors (Lipinski definition) is 3. The van der Waals surface area contributed by atoms with Gasteiger partial charge in [-0.05, 0) is 24.3 Å². The van der Waals surface area contributed by atoms with Crippen LogP contribution in [0.4, 0.5) is 11.4 Å². The first kappa shape index (κ1) is 11.0. The second kappa shape index (κ2) is 4.57. The van der Waals surface area contributed by atoms with Crippen molar-refractivity contribution in [3.05, 3.63) is 54.1 Å². The van der Waals surface area contributed by atoms with Crippen molar-refractivity contribution in [3.8, 4) is 5.75 Å². The van der Waals surface area contributed by atoms with Crippen LogP contribution in [0.1, 0.15) is 10.4 Å². The van der Waals surface area contributed by atoms with Crippen molar-refractivity contribution in [3.63, 3.8) is 0 Å². The standard InChI is InChI=1S/C13H12N2O2/c14-10-6-2-1-5-9(10)13(17)15-11-7-3-4-8-12(11)16/h1-8,16H,14H2,(H,15,17). The van der Waals surface area contributed by atoms with Crippen molar-refractivity contribution in [2.24, 2.45) is 0 Å². The van der Waals surface area contributed by atoms with Gasteiger partial charge < -0.3 is 16.2 Å². The first-order valence-electron chi connectivity index (χ1n) is 5.12. The highest BCUT2D eigenvalue weighted by Gasteiger charge is 2.10. The van der Waals surface area contributed by atoms with Gasteiger partial charge in [-0.1, -0.05) is 24.3 Å². The van der Waals surface area contributed by atoms with Gasteiger partial charge in [-0.25, -0.2) is 0 Å². The number of nitrogens with two attached hydrogens (primary N) is 1. The summed E-state index contributed by atoms with van der Waals surface area (Å²) < 4.78 is 0. The lowest BCUT2D eigenvalue weighted by Crippen LogP contribution is -2.13. The van der Waals surface area contributed by atoms with Crippen LogP contribution in [0, 0.1) is 0 Å². The number of benzene rings is 2. The molecule has 0 unspecified atom stereocenters. The number of phenolic OH excluding ortho intramolecular Hbond substituents is 1. The van der Waals surface area contributed by atoms with Crippen molar-refractivity contribution in [1.29, 1.82) is 0 Å². The number of anilines is 2. The molecule has 0 aromatic heterocycles. The summed E-state index contributed by atoms with van der Waals surface area (Å²) in [5.74, 6) is -0.319. The highest BCUT2D eigenvalue weighted by atomic mass is 16.3. The Kier molecular flexibility index (Phi) is 2.96. The summed E-state index contributed by atoms with van der Waals surface area (Å²) in [6.07, 6.45) is 0. The summed E-state index contributed by atoms with van der Waals surface area (Å²) in [6.45, 7) is 0. The van der Waals surface area contributed by atoms with Crippen molar-refractivity contribution in [1.82, 2.24) is 0 Å². The average molecular weight is 228 g/mol. The lowest BCUT2D eigenvalue weighted by molar-refractivity contribution is 0.102. The molecule has 0 saturated carbocycles. The largest absolute Gasteiger partial charge is 0.506 e. The zero-order chi connectivity index (χ0) is 12.3. The maximum atomic E-state index is 11.9. The molecular formula is C13H12N2O2. The van der Waals surface area contributed by atoms with Gasteiger partial charge in [0.25, 0.3) is 5.91 Å². The van der Waals surface area contributed by atoms with Crippen LogP contribution in [0.2, 0.25) is 0 Å². The molecule has 4 heteroatoms. The van der Waals surface area contributed by atoms with Crippen LogP contribution in [0.15, 0.2) is 48.5 Å². The van der Waals surface area contributed by atoms with Gasteiger partial charge >= 0.3 is 0 Å². The SMILES string of the molecule is Nc1ccccc1C(=O)Nc1ccccc1O. The fourth-order valence-electron chi connectivity index (χ4n) is 1.47. The molecule has 0 aliphatic carbocycles. The molecule has 4 N–H and O–H groups in total. The lowest BCUT2D eigenvalue weighted by Gasteiger charge is -2.08. The zero-order valence-electron chi connectivity index (χ0n) is 9.05. The van der Waals surface area contributed by atoms with Gasteiger partial charge in [0, 0.05) is 5.69 Å². The summed E-state index contributed by atoms with van der Waals surface area (Å²) in [5, 5.41) is 12.1. The van der Waals surface area contributed by atoms with Crippen LogP contribution in [-0.2, 0) is 0 Å². The first-order valence-corrected chi connectivity index (χ1v) is 5.12. The highest BCUT2D eigenvalue weighted by molar-refractivity contribution is 6.08. The predicted octanol–water partition coefficient (Wildman–Crippen LogP) is 2.23. The van der Waals surface area contributed by atoms with Crippen molar-refractivity contribution in [2.75, 3.05) is 11.1 Å². The third kappa shape index (κ3) is 2.36. The van der Waals surface area contributed by atoms with E-state index in [1.165, 1.54) is 6.07 Å². The number of para-hydroxylation sites is 3. The number of nitrogen functional groups attached to an aromatic ring is 1. The number of amides is 1. The maximum Gasteiger partial charge on any atom is 0.257 e. The normalized spacial score (nSPS) is 9.88. The highest BCUT2D eigenvalue weighted by Crippen LogP contribution is 2.23. The van der Waals surface area contributed by atoms with Crippen molar-refractivity contribution < 1.29 is 9.90 Å². The third-order valence-corrected chi connectivity index (χ3v) is 2.36. The van der Waals surface area contributed by atoms with E-state index in [-0.39, 0.29) is 11.7 Å². The topological polar surface area (TPSA) is 75.4 Å². The van der Waals surface area contributed by atoms with Gasteiger partial charge in [-0.15, -0.1) is 0 Å². The average Bonchev–Trinajstić information content (AvgIpc) is 2.32. The molecular weight excluding hydrogens is 216 g/mol. The van der Waals surface area contributed by atoms with Gasteiger partial charge in [0.05, 0.1) is 11.3 Å². The Bertz CT molecular complexity index is 553. The molecule has 0 bridgehead atoms. The van der Waals surface area contributed by atoms with Gasteiger partial charge in [0.2, 0.25) is 0 Å². The predicted molar refractivity (Wildman–Crippen MR) is 66.9 cm³/mol. The second-order valence-electron chi connectivity index (χ2n) is 3.56. The quantitative estimate of drug-likeness (QED) is 0.545. The summed E-state index contributed by atoms with van der Waals surface area (Å²) in [7, 11) is 0. The molecule has 2 rings (SSSR count). The van der Waals surface area contributed by atoms with Crippen LogP contribution in [0.5, 0.6) is 5.75 Å². The fraction of sp³-hybridized carbons (Fsp3) is 0. The van der Waals surface area contributed by atoms with Gasteiger partial charge in [0.1, 0.15) is 5.75 Å². The summed E-state index contributed by atoms with van der Waals surface area (Å²) in [6, 6.07) is 13.3.